The number of rotatable bonds is 4. The third-order valence-corrected chi connectivity index (χ3v) is 2.22. The van der Waals surface area contributed by atoms with E-state index >= 15 is 0 Å². The first kappa shape index (κ1) is 16.1. The van der Waals surface area contributed by atoms with Crippen molar-refractivity contribution in [3.63, 3.8) is 0 Å². The molecule has 0 N–H and O–H groups in total. The minimum Gasteiger partial charge on any atom is -0.390 e. The highest BCUT2D eigenvalue weighted by atomic mass is 19.2. The average molecular weight is 293 g/mol. The Balaban J connectivity index is 2.98. The van der Waals surface area contributed by atoms with E-state index < -0.39 is 41.3 Å². The molecule has 0 saturated carbocycles. The zero-order valence-electron chi connectivity index (χ0n) is 11.0. The van der Waals surface area contributed by atoms with Crippen LogP contribution in [0.1, 0.15) is 26.3 Å². The highest BCUT2D eigenvalue weighted by molar-refractivity contribution is 5.92. The molecule has 2 nitrogen and oxygen atoms in total. The van der Waals surface area contributed by atoms with Crippen molar-refractivity contribution in [2.45, 2.75) is 27.4 Å². The Morgan fingerprint density at radius 2 is 1.35 bits per heavy atom. The second-order valence-electron chi connectivity index (χ2n) is 4.28. The molecule has 110 valence electrons. The lowest BCUT2D eigenvalue weighted by atomic mass is 10.2. The van der Waals surface area contributed by atoms with Gasteiger partial charge in [0.2, 0.25) is 5.82 Å². The highest BCUT2D eigenvalue weighted by Gasteiger charge is 2.25. The molecule has 7 heteroatoms. The minimum absolute atomic E-state index is 0.397. The quantitative estimate of drug-likeness (QED) is 0.267. The maximum Gasteiger partial charge on any atom is 0.200 e. The van der Waals surface area contributed by atoms with Crippen molar-refractivity contribution in [3.05, 3.63) is 46.3 Å². The van der Waals surface area contributed by atoms with E-state index in [1.807, 2.05) is 0 Å². The van der Waals surface area contributed by atoms with Gasteiger partial charge in [0.15, 0.2) is 23.3 Å². The maximum atomic E-state index is 13.3. The van der Waals surface area contributed by atoms with Gasteiger partial charge in [-0.3, -0.25) is 0 Å². The average Bonchev–Trinajstić information content (AvgIpc) is 2.37. The summed E-state index contributed by atoms with van der Waals surface area (Å²) in [7, 11) is 0. The molecule has 0 radical (unpaired) electrons. The van der Waals surface area contributed by atoms with Gasteiger partial charge in [-0.15, -0.1) is 0 Å². The lowest BCUT2D eigenvalue weighted by Gasteiger charge is -2.07. The Hall–Kier alpha value is -1.92. The smallest absolute Gasteiger partial charge is 0.200 e. The molecule has 1 aromatic rings. The van der Waals surface area contributed by atoms with Crippen molar-refractivity contribution < 1.29 is 26.8 Å². The predicted molar refractivity (Wildman–Crippen MR) is 63.6 cm³/mol. The van der Waals surface area contributed by atoms with E-state index in [0.29, 0.717) is 5.71 Å². The summed E-state index contributed by atoms with van der Waals surface area (Å²) in [4.78, 5) is 4.60. The lowest BCUT2D eigenvalue weighted by molar-refractivity contribution is 0.123. The third-order valence-electron chi connectivity index (χ3n) is 2.22. The van der Waals surface area contributed by atoms with Gasteiger partial charge in [-0.2, -0.15) is 0 Å². The summed E-state index contributed by atoms with van der Waals surface area (Å²) < 4.78 is 65.1. The molecule has 0 heterocycles. The van der Waals surface area contributed by atoms with Crippen LogP contribution in [0.3, 0.4) is 0 Å². The molecule has 0 bridgehead atoms. The molecular formula is C13H12F5NO. The molecule has 0 amide bonds. The van der Waals surface area contributed by atoms with Crippen LogP contribution in [0.4, 0.5) is 22.0 Å². The van der Waals surface area contributed by atoms with E-state index in [-0.39, 0.29) is 0 Å². The molecule has 20 heavy (non-hydrogen) atoms. The van der Waals surface area contributed by atoms with Gasteiger partial charge in [-0.25, -0.2) is 22.0 Å². The Labute approximate surface area is 112 Å². The van der Waals surface area contributed by atoms with Gasteiger partial charge in [0.1, 0.15) is 6.61 Å². The van der Waals surface area contributed by atoms with Gasteiger partial charge < -0.3 is 4.84 Å². The third kappa shape index (κ3) is 3.55. The first-order valence-electron chi connectivity index (χ1n) is 5.57. The summed E-state index contributed by atoms with van der Waals surface area (Å²) in [5.41, 5.74) is 0.245. The van der Waals surface area contributed by atoms with E-state index in [0.717, 1.165) is 5.57 Å². The van der Waals surface area contributed by atoms with Crippen LogP contribution in [0.2, 0.25) is 0 Å². The number of allylic oxidation sites excluding steroid dienone is 2. The van der Waals surface area contributed by atoms with Gasteiger partial charge in [-0.1, -0.05) is 10.7 Å². The summed E-state index contributed by atoms with van der Waals surface area (Å²) in [5, 5.41) is 3.49. The standard InChI is InChI=1S/C13H12F5NO/c1-6(2)4-7(3)19-20-5-8-9(14)11(16)13(18)12(17)10(8)15/h4H,5H2,1-3H3/b19-7+. The molecule has 0 atom stereocenters. The normalized spacial score (nSPS) is 11.5. The molecule has 1 aromatic carbocycles. The van der Waals surface area contributed by atoms with Crippen LogP contribution < -0.4 is 0 Å². The van der Waals surface area contributed by atoms with Crippen molar-refractivity contribution in [2.24, 2.45) is 5.16 Å². The number of hydrogen-bond donors (Lipinski definition) is 0. The van der Waals surface area contributed by atoms with Crippen LogP contribution in [0.5, 0.6) is 0 Å². The second kappa shape index (κ2) is 6.49. The molecule has 0 spiro atoms. The largest absolute Gasteiger partial charge is 0.390 e. The summed E-state index contributed by atoms with van der Waals surface area (Å²) in [6.45, 7) is 4.29. The van der Waals surface area contributed by atoms with Crippen LogP contribution in [0.25, 0.3) is 0 Å². The SMILES string of the molecule is CC(C)=C/C(C)=N/OCc1c(F)c(F)c(F)c(F)c1F. The zero-order chi connectivity index (χ0) is 15.4. The topological polar surface area (TPSA) is 21.6 Å². The van der Waals surface area contributed by atoms with Gasteiger partial charge in [0, 0.05) is 0 Å². The van der Waals surface area contributed by atoms with Gasteiger partial charge in [0.05, 0.1) is 11.3 Å². The Kier molecular flexibility index (Phi) is 5.24. The molecule has 0 aliphatic rings. The van der Waals surface area contributed by atoms with Crippen molar-refractivity contribution in [1.82, 2.24) is 0 Å². The molecular weight excluding hydrogens is 281 g/mol. The number of benzene rings is 1. The summed E-state index contributed by atoms with van der Waals surface area (Å²) in [6, 6.07) is 0. The Morgan fingerprint density at radius 3 is 1.80 bits per heavy atom. The summed E-state index contributed by atoms with van der Waals surface area (Å²) >= 11 is 0. The summed E-state index contributed by atoms with van der Waals surface area (Å²) in [6.07, 6.45) is 1.62. The maximum absolute atomic E-state index is 13.3. The van der Waals surface area contributed by atoms with Crippen LogP contribution in [0.15, 0.2) is 16.8 Å². The molecule has 1 rings (SSSR count). The number of oxime groups is 1. The lowest BCUT2D eigenvalue weighted by Crippen LogP contribution is -2.08. The number of nitrogens with zero attached hydrogens (tertiary/aromatic N) is 1. The Bertz CT molecular complexity index is 548. The van der Waals surface area contributed by atoms with Crippen LogP contribution in [-0.4, -0.2) is 5.71 Å². The van der Waals surface area contributed by atoms with Gasteiger partial charge >= 0.3 is 0 Å². The minimum atomic E-state index is -2.20. The van der Waals surface area contributed by atoms with E-state index in [1.165, 1.54) is 0 Å². The van der Waals surface area contributed by atoms with Crippen molar-refractivity contribution in [3.8, 4) is 0 Å². The van der Waals surface area contributed by atoms with Crippen LogP contribution >= 0.6 is 0 Å². The van der Waals surface area contributed by atoms with E-state index in [1.54, 1.807) is 26.8 Å². The zero-order valence-corrected chi connectivity index (χ0v) is 11.0. The van der Waals surface area contributed by atoms with Gasteiger partial charge in [0.25, 0.3) is 0 Å². The van der Waals surface area contributed by atoms with Gasteiger partial charge in [-0.05, 0) is 26.8 Å². The van der Waals surface area contributed by atoms with Crippen molar-refractivity contribution in [1.29, 1.82) is 0 Å². The predicted octanol–water partition coefficient (Wildman–Crippen LogP) is 4.24. The number of halogens is 5. The van der Waals surface area contributed by atoms with Crippen molar-refractivity contribution in [2.75, 3.05) is 0 Å². The van der Waals surface area contributed by atoms with E-state index in [9.17, 15) is 22.0 Å². The first-order valence-corrected chi connectivity index (χ1v) is 5.57. The second-order valence-corrected chi connectivity index (χ2v) is 4.28. The fraction of sp³-hybridized carbons (Fsp3) is 0.308. The molecule has 0 aliphatic carbocycles. The van der Waals surface area contributed by atoms with Crippen LogP contribution in [0, 0.1) is 29.1 Å². The van der Waals surface area contributed by atoms with Crippen LogP contribution in [-0.2, 0) is 11.4 Å². The van der Waals surface area contributed by atoms with E-state index in [2.05, 4.69) is 9.99 Å². The molecule has 0 fully saturated rings. The molecule has 0 aliphatic heterocycles. The Morgan fingerprint density at radius 1 is 0.900 bits per heavy atom. The summed E-state index contributed by atoms with van der Waals surface area (Å²) in [5.74, 6) is -10.1. The fourth-order valence-electron chi connectivity index (χ4n) is 1.42. The number of hydrogen-bond acceptors (Lipinski definition) is 2. The highest BCUT2D eigenvalue weighted by Crippen LogP contribution is 2.23. The monoisotopic (exact) mass is 293 g/mol. The molecule has 0 aromatic heterocycles. The molecule has 0 unspecified atom stereocenters. The van der Waals surface area contributed by atoms with E-state index in [4.69, 9.17) is 0 Å². The fourth-order valence-corrected chi connectivity index (χ4v) is 1.42. The molecule has 0 saturated heterocycles. The first-order chi connectivity index (χ1) is 9.25. The van der Waals surface area contributed by atoms with Crippen molar-refractivity contribution >= 4 is 5.71 Å².